The van der Waals surface area contributed by atoms with Gasteiger partial charge in [0, 0.05) is 17.1 Å². The Kier molecular flexibility index (Phi) is 5.77. The maximum atomic E-state index is 13.2. The highest BCUT2D eigenvalue weighted by molar-refractivity contribution is 8.27. The summed E-state index contributed by atoms with van der Waals surface area (Å²) in [6.07, 6.45) is 1.83. The lowest BCUT2D eigenvalue weighted by Crippen LogP contribution is -2.27. The molecule has 1 amide bonds. The molecule has 2 heterocycles. The van der Waals surface area contributed by atoms with Gasteiger partial charge in [-0.25, -0.2) is 4.39 Å². The molecule has 4 rings (SSSR count). The highest BCUT2D eigenvalue weighted by Gasteiger charge is 2.33. The number of thiocarbonyl (C=S) groups is 1. The van der Waals surface area contributed by atoms with Crippen molar-refractivity contribution in [3.8, 4) is 5.69 Å². The summed E-state index contributed by atoms with van der Waals surface area (Å²) in [4.78, 5) is 14.9. The van der Waals surface area contributed by atoms with E-state index in [0.717, 1.165) is 22.6 Å². The molecular formula is C22H15Cl2FN2OS2. The van der Waals surface area contributed by atoms with E-state index in [-0.39, 0.29) is 11.7 Å². The summed E-state index contributed by atoms with van der Waals surface area (Å²) in [5, 5.41) is 0.968. The summed E-state index contributed by atoms with van der Waals surface area (Å²) in [6.45, 7) is 3.96. The van der Waals surface area contributed by atoms with Crippen LogP contribution in [0, 0.1) is 19.7 Å². The third-order valence-electron chi connectivity index (χ3n) is 4.80. The molecule has 0 radical (unpaired) electrons. The number of halogens is 3. The molecule has 1 aromatic heterocycles. The largest absolute Gasteiger partial charge is 0.318 e. The topological polar surface area (TPSA) is 25.2 Å². The minimum Gasteiger partial charge on any atom is -0.318 e. The fourth-order valence-electron chi connectivity index (χ4n) is 3.38. The molecule has 1 aliphatic heterocycles. The molecule has 3 aromatic rings. The lowest BCUT2D eigenvalue weighted by Gasteiger charge is -2.14. The van der Waals surface area contributed by atoms with Gasteiger partial charge in [-0.1, -0.05) is 47.2 Å². The van der Waals surface area contributed by atoms with E-state index in [2.05, 4.69) is 4.57 Å². The summed E-state index contributed by atoms with van der Waals surface area (Å²) in [7, 11) is 0. The van der Waals surface area contributed by atoms with E-state index in [4.69, 9.17) is 35.4 Å². The number of amides is 1. The number of carbonyl (C=O) groups is 1. The van der Waals surface area contributed by atoms with Crippen LogP contribution in [0.5, 0.6) is 0 Å². The molecule has 0 bridgehead atoms. The predicted molar refractivity (Wildman–Crippen MR) is 127 cm³/mol. The van der Waals surface area contributed by atoms with Gasteiger partial charge in [-0.05, 0) is 74.0 Å². The van der Waals surface area contributed by atoms with Gasteiger partial charge in [0.1, 0.15) is 5.82 Å². The van der Waals surface area contributed by atoms with Crippen LogP contribution in [-0.4, -0.2) is 14.8 Å². The zero-order valence-electron chi connectivity index (χ0n) is 15.9. The minimum absolute atomic E-state index is 0.226. The standard InChI is InChI=1S/C22H15Cl2FN2OS2/c1-12-9-14(13(2)26(12)17-7-8-18(23)19(24)11-17)10-20-21(28)27(22(29)30-20)16-5-3-15(25)4-6-16/h3-11H,1-2H3/b20-10+. The van der Waals surface area contributed by atoms with Crippen molar-refractivity contribution < 1.29 is 9.18 Å². The molecule has 0 atom stereocenters. The monoisotopic (exact) mass is 476 g/mol. The molecule has 0 spiro atoms. The third kappa shape index (κ3) is 3.81. The van der Waals surface area contributed by atoms with Crippen molar-refractivity contribution in [2.75, 3.05) is 4.90 Å². The molecule has 152 valence electrons. The van der Waals surface area contributed by atoms with E-state index in [1.165, 1.54) is 28.8 Å². The Morgan fingerprint density at radius 2 is 1.67 bits per heavy atom. The van der Waals surface area contributed by atoms with Crippen molar-refractivity contribution in [2.45, 2.75) is 13.8 Å². The zero-order chi connectivity index (χ0) is 21.6. The number of rotatable bonds is 3. The molecule has 0 saturated carbocycles. The third-order valence-corrected chi connectivity index (χ3v) is 6.84. The average molecular weight is 477 g/mol. The molecule has 30 heavy (non-hydrogen) atoms. The van der Waals surface area contributed by atoms with Gasteiger partial charge in [0.25, 0.3) is 5.91 Å². The van der Waals surface area contributed by atoms with Crippen LogP contribution in [0.2, 0.25) is 10.0 Å². The Morgan fingerprint density at radius 1 is 1.00 bits per heavy atom. The number of aryl methyl sites for hydroxylation is 1. The van der Waals surface area contributed by atoms with Crippen LogP contribution in [0.25, 0.3) is 11.8 Å². The first-order valence-corrected chi connectivity index (χ1v) is 10.9. The average Bonchev–Trinajstić information content (AvgIpc) is 3.13. The molecule has 1 fully saturated rings. The molecule has 0 aliphatic carbocycles. The number of carbonyl (C=O) groups excluding carboxylic acids is 1. The van der Waals surface area contributed by atoms with Crippen LogP contribution in [0.15, 0.2) is 53.4 Å². The number of anilines is 1. The highest BCUT2D eigenvalue weighted by atomic mass is 35.5. The summed E-state index contributed by atoms with van der Waals surface area (Å²) in [5.41, 5.74) is 4.28. The van der Waals surface area contributed by atoms with Crippen LogP contribution in [0.4, 0.5) is 10.1 Å². The molecule has 2 aromatic carbocycles. The van der Waals surface area contributed by atoms with Gasteiger partial charge in [-0.2, -0.15) is 0 Å². The first-order chi connectivity index (χ1) is 14.3. The smallest absolute Gasteiger partial charge is 0.270 e. The minimum atomic E-state index is -0.366. The lowest BCUT2D eigenvalue weighted by molar-refractivity contribution is -0.113. The van der Waals surface area contributed by atoms with Crippen LogP contribution in [0.1, 0.15) is 17.0 Å². The normalized spacial score (nSPS) is 15.5. The molecule has 1 aliphatic rings. The van der Waals surface area contributed by atoms with Gasteiger partial charge < -0.3 is 4.57 Å². The van der Waals surface area contributed by atoms with E-state index >= 15 is 0 Å². The number of benzene rings is 2. The molecule has 0 N–H and O–H groups in total. The van der Waals surface area contributed by atoms with Crippen LogP contribution in [0.3, 0.4) is 0 Å². The van der Waals surface area contributed by atoms with Crippen LogP contribution in [-0.2, 0) is 4.79 Å². The highest BCUT2D eigenvalue weighted by Crippen LogP contribution is 2.37. The number of nitrogens with zero attached hydrogens (tertiary/aromatic N) is 2. The lowest BCUT2D eigenvalue weighted by atomic mass is 10.2. The van der Waals surface area contributed by atoms with Gasteiger partial charge in [0.05, 0.1) is 20.6 Å². The maximum absolute atomic E-state index is 13.2. The maximum Gasteiger partial charge on any atom is 0.270 e. The van der Waals surface area contributed by atoms with Crippen molar-refractivity contribution in [1.82, 2.24) is 4.57 Å². The van der Waals surface area contributed by atoms with Crippen molar-refractivity contribution >= 4 is 69.2 Å². The Hall–Kier alpha value is -2.12. The zero-order valence-corrected chi connectivity index (χ0v) is 19.1. The summed E-state index contributed by atoms with van der Waals surface area (Å²) in [5.74, 6) is -0.592. The van der Waals surface area contributed by atoms with Crippen molar-refractivity contribution in [2.24, 2.45) is 0 Å². The van der Waals surface area contributed by atoms with E-state index < -0.39 is 0 Å². The number of aromatic nitrogens is 1. The molecule has 3 nitrogen and oxygen atoms in total. The summed E-state index contributed by atoms with van der Waals surface area (Å²) >= 11 is 18.8. The van der Waals surface area contributed by atoms with Crippen molar-refractivity contribution in [1.29, 1.82) is 0 Å². The quantitative estimate of drug-likeness (QED) is 0.302. The van der Waals surface area contributed by atoms with Crippen molar-refractivity contribution in [3.63, 3.8) is 0 Å². The van der Waals surface area contributed by atoms with Crippen LogP contribution < -0.4 is 4.90 Å². The summed E-state index contributed by atoms with van der Waals surface area (Å²) < 4.78 is 15.7. The van der Waals surface area contributed by atoms with Gasteiger partial charge in [-0.3, -0.25) is 9.69 Å². The van der Waals surface area contributed by atoms with Crippen molar-refractivity contribution in [3.05, 3.63) is 86.2 Å². The van der Waals surface area contributed by atoms with Crippen LogP contribution >= 0.6 is 47.2 Å². The fourth-order valence-corrected chi connectivity index (χ4v) is 4.96. The molecular weight excluding hydrogens is 462 g/mol. The molecule has 8 heteroatoms. The second-order valence-corrected chi connectivity index (χ2v) is 9.24. The Labute approximate surface area is 193 Å². The van der Waals surface area contributed by atoms with Gasteiger partial charge in [0.2, 0.25) is 0 Å². The van der Waals surface area contributed by atoms with E-state index in [1.807, 2.05) is 38.1 Å². The van der Waals surface area contributed by atoms with E-state index in [0.29, 0.717) is 25.0 Å². The molecule has 0 unspecified atom stereocenters. The number of hydrogen-bond acceptors (Lipinski definition) is 3. The van der Waals surface area contributed by atoms with Gasteiger partial charge in [0.15, 0.2) is 4.32 Å². The number of thioether (sulfide) groups is 1. The fraction of sp³-hybridized carbons (Fsp3) is 0.0909. The first-order valence-electron chi connectivity index (χ1n) is 8.94. The first kappa shape index (κ1) is 21.1. The van der Waals surface area contributed by atoms with Gasteiger partial charge >= 0.3 is 0 Å². The van der Waals surface area contributed by atoms with Gasteiger partial charge in [-0.15, -0.1) is 0 Å². The summed E-state index contributed by atoms with van der Waals surface area (Å²) in [6, 6.07) is 13.2. The van der Waals surface area contributed by atoms with E-state index in [1.54, 1.807) is 18.2 Å². The second-order valence-electron chi connectivity index (χ2n) is 6.75. The Balaban J connectivity index is 1.70. The van der Waals surface area contributed by atoms with E-state index in [9.17, 15) is 9.18 Å². The predicted octanol–water partition coefficient (Wildman–Crippen LogP) is 6.95. The Bertz CT molecular complexity index is 1220. The molecule has 1 saturated heterocycles. The number of hydrogen-bond donors (Lipinski definition) is 0. The second kappa shape index (κ2) is 8.19. The SMILES string of the molecule is Cc1cc(/C=C2/SC(=S)N(c3ccc(F)cc3)C2=O)c(C)n1-c1ccc(Cl)c(Cl)c1. The Morgan fingerprint density at radius 3 is 2.33 bits per heavy atom.